The predicted molar refractivity (Wildman–Crippen MR) is 61.7 cm³/mol. The average molecular weight is 202 g/mol. The molecule has 0 amide bonds. The van der Waals surface area contributed by atoms with Crippen molar-refractivity contribution in [3.8, 4) is 0 Å². The Balaban J connectivity index is 3.27. The van der Waals surface area contributed by atoms with Crippen molar-refractivity contribution < 1.29 is 4.74 Å². The van der Waals surface area contributed by atoms with Gasteiger partial charge in [-0.05, 0) is 25.6 Å². The SMILES string of the molecule is CCN(CC)CCNCC(C)COC. The minimum atomic E-state index is 0.608. The van der Waals surface area contributed by atoms with Crippen LogP contribution in [0.5, 0.6) is 0 Å². The lowest BCUT2D eigenvalue weighted by molar-refractivity contribution is 0.158. The van der Waals surface area contributed by atoms with Gasteiger partial charge in [0.05, 0.1) is 0 Å². The van der Waals surface area contributed by atoms with Crippen LogP contribution >= 0.6 is 0 Å². The summed E-state index contributed by atoms with van der Waals surface area (Å²) in [5, 5.41) is 3.45. The Morgan fingerprint density at radius 3 is 2.43 bits per heavy atom. The van der Waals surface area contributed by atoms with Crippen LogP contribution in [0, 0.1) is 5.92 Å². The van der Waals surface area contributed by atoms with Crippen LogP contribution in [0.2, 0.25) is 0 Å². The van der Waals surface area contributed by atoms with Crippen molar-refractivity contribution in [1.29, 1.82) is 0 Å². The molecule has 0 saturated carbocycles. The summed E-state index contributed by atoms with van der Waals surface area (Å²) >= 11 is 0. The van der Waals surface area contributed by atoms with Gasteiger partial charge in [-0.3, -0.25) is 0 Å². The maximum atomic E-state index is 5.07. The van der Waals surface area contributed by atoms with Gasteiger partial charge < -0.3 is 15.0 Å². The van der Waals surface area contributed by atoms with Crippen LogP contribution in [0.1, 0.15) is 20.8 Å². The number of methoxy groups -OCH3 is 1. The second kappa shape index (κ2) is 9.44. The molecule has 1 atom stereocenters. The summed E-state index contributed by atoms with van der Waals surface area (Å²) in [4.78, 5) is 2.42. The molecule has 0 spiro atoms. The summed E-state index contributed by atoms with van der Waals surface area (Å²) in [6.07, 6.45) is 0. The molecule has 0 aromatic heterocycles. The summed E-state index contributed by atoms with van der Waals surface area (Å²) in [7, 11) is 1.76. The van der Waals surface area contributed by atoms with Gasteiger partial charge in [0.25, 0.3) is 0 Å². The molecule has 0 bridgehead atoms. The third-order valence-corrected chi connectivity index (χ3v) is 2.44. The third-order valence-electron chi connectivity index (χ3n) is 2.44. The molecule has 14 heavy (non-hydrogen) atoms. The minimum Gasteiger partial charge on any atom is -0.384 e. The van der Waals surface area contributed by atoms with E-state index in [1.165, 1.54) is 0 Å². The van der Waals surface area contributed by atoms with Gasteiger partial charge in [-0.1, -0.05) is 20.8 Å². The molecule has 0 fully saturated rings. The van der Waals surface area contributed by atoms with Gasteiger partial charge in [0.2, 0.25) is 0 Å². The first-order chi connectivity index (χ1) is 6.74. The predicted octanol–water partition coefficient (Wildman–Crippen LogP) is 1.20. The van der Waals surface area contributed by atoms with Crippen LogP contribution in [-0.4, -0.2) is 51.3 Å². The number of hydrogen-bond acceptors (Lipinski definition) is 3. The van der Waals surface area contributed by atoms with Crippen molar-refractivity contribution >= 4 is 0 Å². The van der Waals surface area contributed by atoms with Gasteiger partial charge in [0.15, 0.2) is 0 Å². The zero-order chi connectivity index (χ0) is 10.8. The number of nitrogens with one attached hydrogen (secondary N) is 1. The molecule has 0 aliphatic rings. The molecule has 0 aliphatic carbocycles. The van der Waals surface area contributed by atoms with Crippen LogP contribution < -0.4 is 5.32 Å². The monoisotopic (exact) mass is 202 g/mol. The fourth-order valence-electron chi connectivity index (χ4n) is 1.47. The van der Waals surface area contributed by atoms with Crippen molar-refractivity contribution in [1.82, 2.24) is 10.2 Å². The number of hydrogen-bond donors (Lipinski definition) is 1. The normalized spacial score (nSPS) is 13.5. The number of nitrogens with zero attached hydrogens (tertiary/aromatic N) is 1. The van der Waals surface area contributed by atoms with Crippen LogP contribution in [0.25, 0.3) is 0 Å². The fraction of sp³-hybridized carbons (Fsp3) is 1.00. The molecule has 1 N–H and O–H groups in total. The average Bonchev–Trinajstić information content (AvgIpc) is 2.19. The second-order valence-corrected chi connectivity index (χ2v) is 3.79. The number of rotatable bonds is 9. The highest BCUT2D eigenvalue weighted by atomic mass is 16.5. The van der Waals surface area contributed by atoms with Crippen molar-refractivity contribution in [2.45, 2.75) is 20.8 Å². The van der Waals surface area contributed by atoms with E-state index in [4.69, 9.17) is 4.74 Å². The van der Waals surface area contributed by atoms with Crippen LogP contribution in [0.15, 0.2) is 0 Å². The molecule has 0 heterocycles. The summed E-state index contributed by atoms with van der Waals surface area (Å²) < 4.78 is 5.07. The van der Waals surface area contributed by atoms with E-state index in [-0.39, 0.29) is 0 Å². The Morgan fingerprint density at radius 1 is 1.29 bits per heavy atom. The maximum Gasteiger partial charge on any atom is 0.0499 e. The largest absolute Gasteiger partial charge is 0.384 e. The molecular weight excluding hydrogens is 176 g/mol. The molecule has 0 aromatic rings. The lowest BCUT2D eigenvalue weighted by Crippen LogP contribution is -2.34. The third kappa shape index (κ3) is 7.30. The van der Waals surface area contributed by atoms with E-state index in [9.17, 15) is 0 Å². The quantitative estimate of drug-likeness (QED) is 0.569. The number of ether oxygens (including phenoxy) is 1. The van der Waals surface area contributed by atoms with E-state index in [1.54, 1.807) is 7.11 Å². The molecule has 0 radical (unpaired) electrons. The lowest BCUT2D eigenvalue weighted by Gasteiger charge is -2.19. The van der Waals surface area contributed by atoms with E-state index in [1.807, 2.05) is 0 Å². The zero-order valence-corrected chi connectivity index (χ0v) is 10.2. The molecule has 3 heteroatoms. The van der Waals surface area contributed by atoms with E-state index >= 15 is 0 Å². The Bertz CT molecular complexity index is 116. The first-order valence-electron chi connectivity index (χ1n) is 5.66. The first kappa shape index (κ1) is 13.9. The van der Waals surface area contributed by atoms with Crippen molar-refractivity contribution in [2.24, 2.45) is 5.92 Å². The summed E-state index contributed by atoms with van der Waals surface area (Å²) in [5.41, 5.74) is 0. The van der Waals surface area contributed by atoms with Crippen molar-refractivity contribution in [3.05, 3.63) is 0 Å². The van der Waals surface area contributed by atoms with Crippen LogP contribution in [0.3, 0.4) is 0 Å². The Hall–Kier alpha value is -0.120. The van der Waals surface area contributed by atoms with Gasteiger partial charge in [-0.25, -0.2) is 0 Å². The highest BCUT2D eigenvalue weighted by Crippen LogP contribution is 1.92. The smallest absolute Gasteiger partial charge is 0.0499 e. The van der Waals surface area contributed by atoms with E-state index in [0.717, 1.165) is 39.3 Å². The van der Waals surface area contributed by atoms with E-state index in [0.29, 0.717) is 5.92 Å². The Morgan fingerprint density at radius 2 is 1.93 bits per heavy atom. The van der Waals surface area contributed by atoms with Crippen molar-refractivity contribution in [2.75, 3.05) is 46.4 Å². The standard InChI is InChI=1S/C11H26N2O/c1-5-13(6-2)8-7-12-9-11(3)10-14-4/h11-12H,5-10H2,1-4H3. The fourth-order valence-corrected chi connectivity index (χ4v) is 1.47. The summed E-state index contributed by atoms with van der Waals surface area (Å²) in [5.74, 6) is 0.608. The second-order valence-electron chi connectivity index (χ2n) is 3.79. The van der Waals surface area contributed by atoms with Crippen molar-refractivity contribution in [3.63, 3.8) is 0 Å². The molecular formula is C11H26N2O. The van der Waals surface area contributed by atoms with E-state index in [2.05, 4.69) is 31.0 Å². The van der Waals surface area contributed by atoms with Gasteiger partial charge in [0, 0.05) is 26.8 Å². The molecule has 0 rings (SSSR count). The Kier molecular flexibility index (Phi) is 9.35. The van der Waals surface area contributed by atoms with Gasteiger partial charge in [0.1, 0.15) is 0 Å². The molecule has 0 aromatic carbocycles. The van der Waals surface area contributed by atoms with Crippen LogP contribution in [0.4, 0.5) is 0 Å². The molecule has 3 nitrogen and oxygen atoms in total. The first-order valence-corrected chi connectivity index (χ1v) is 5.66. The minimum absolute atomic E-state index is 0.608. The highest BCUT2D eigenvalue weighted by Gasteiger charge is 2.01. The maximum absolute atomic E-state index is 5.07. The Labute approximate surface area is 88.8 Å². The van der Waals surface area contributed by atoms with Gasteiger partial charge in [-0.2, -0.15) is 0 Å². The molecule has 1 unspecified atom stereocenters. The topological polar surface area (TPSA) is 24.5 Å². The summed E-state index contributed by atoms with van der Waals surface area (Å²) in [6.45, 7) is 13.0. The number of likely N-dealkylation sites (N-methyl/N-ethyl adjacent to an activating group) is 1. The van der Waals surface area contributed by atoms with Gasteiger partial charge in [-0.15, -0.1) is 0 Å². The molecule has 0 aliphatic heterocycles. The summed E-state index contributed by atoms with van der Waals surface area (Å²) in [6, 6.07) is 0. The molecule has 86 valence electrons. The zero-order valence-electron chi connectivity index (χ0n) is 10.2. The highest BCUT2D eigenvalue weighted by molar-refractivity contribution is 4.59. The van der Waals surface area contributed by atoms with E-state index < -0.39 is 0 Å². The van der Waals surface area contributed by atoms with Crippen LogP contribution in [-0.2, 0) is 4.74 Å². The lowest BCUT2D eigenvalue weighted by atomic mass is 10.2. The van der Waals surface area contributed by atoms with Gasteiger partial charge >= 0.3 is 0 Å². The molecule has 0 saturated heterocycles.